The topological polar surface area (TPSA) is 94.3 Å². The molecule has 5 aromatic carbocycles. The zero-order chi connectivity index (χ0) is 34.2. The van der Waals surface area contributed by atoms with Gasteiger partial charge < -0.3 is 24.8 Å². The van der Waals surface area contributed by atoms with E-state index in [1.54, 1.807) is 24.3 Å². The van der Waals surface area contributed by atoms with Gasteiger partial charge in [-0.15, -0.1) is 0 Å². The van der Waals surface area contributed by atoms with E-state index in [-0.39, 0.29) is 25.0 Å². The van der Waals surface area contributed by atoms with Crippen LogP contribution in [0.5, 0.6) is 28.7 Å². The number of nitrogen functional groups attached to an aromatic ring is 1. The summed E-state index contributed by atoms with van der Waals surface area (Å²) in [6, 6.07) is 39.1. The number of para-hydroxylation sites is 2. The number of rotatable bonds is 14. The van der Waals surface area contributed by atoms with E-state index in [1.807, 2.05) is 103 Å². The van der Waals surface area contributed by atoms with Crippen LogP contribution >= 0.6 is 0 Å². The number of hydrogen-bond acceptors (Lipinski definition) is 7. The zero-order valence-electron chi connectivity index (χ0n) is 27.7. The molecule has 0 aliphatic carbocycles. The second kappa shape index (κ2) is 15.3. The maximum Gasteiger partial charge on any atom is 0.262 e. The largest absolute Gasteiger partial charge is 0.491 e. The van der Waals surface area contributed by atoms with E-state index >= 15 is 0 Å². The number of benzene rings is 5. The van der Waals surface area contributed by atoms with Gasteiger partial charge in [0.05, 0.1) is 23.4 Å². The number of amides is 2. The molecule has 8 nitrogen and oxygen atoms in total. The summed E-state index contributed by atoms with van der Waals surface area (Å²) in [5.41, 5.74) is 9.69. The van der Waals surface area contributed by atoms with Crippen LogP contribution in [0.1, 0.15) is 31.4 Å². The van der Waals surface area contributed by atoms with Gasteiger partial charge in [0, 0.05) is 31.4 Å². The second-order valence-electron chi connectivity index (χ2n) is 11.5. The van der Waals surface area contributed by atoms with Crippen LogP contribution < -0.4 is 24.8 Å². The highest BCUT2D eigenvalue weighted by molar-refractivity contribution is 6.49. The van der Waals surface area contributed by atoms with E-state index < -0.39 is 0 Å². The molecule has 5 aromatic rings. The lowest BCUT2D eigenvalue weighted by molar-refractivity contribution is -0.136. The molecule has 0 spiro atoms. The van der Waals surface area contributed by atoms with Crippen LogP contribution in [0, 0.1) is 0 Å². The van der Waals surface area contributed by atoms with Crippen molar-refractivity contribution < 1.29 is 23.8 Å². The first-order valence-corrected chi connectivity index (χ1v) is 16.5. The van der Waals surface area contributed by atoms with Crippen molar-refractivity contribution in [3.63, 3.8) is 0 Å². The fraction of sp³-hybridized carbons (Fsp3) is 0.171. The summed E-state index contributed by atoms with van der Waals surface area (Å²) in [7, 11) is 0. The predicted octanol–water partition coefficient (Wildman–Crippen LogP) is 8.45. The summed E-state index contributed by atoms with van der Waals surface area (Å²) in [5, 5.41) is 0. The Morgan fingerprint density at radius 1 is 0.612 bits per heavy atom. The summed E-state index contributed by atoms with van der Waals surface area (Å²) < 4.78 is 18.0. The molecule has 6 rings (SSSR count). The molecule has 0 atom stereocenters. The standard InChI is InChI=1S/C41H39N3O5/c1-3-43(4-2)31-20-25-36(42)37(28-31)47-27-11-26-44-40(45)38(29-16-21-34(22-17-29)48-32-12-7-5-8-13-32)39(41(44)46)30-18-23-35(24-19-30)49-33-14-9-6-10-15-33/h5-10,12-25,28H,3-4,11,26-27,42H2,1-2H3. The van der Waals surface area contributed by atoms with Crippen LogP contribution in [-0.2, 0) is 9.59 Å². The highest BCUT2D eigenvalue weighted by Crippen LogP contribution is 2.38. The molecule has 2 amide bonds. The van der Waals surface area contributed by atoms with Gasteiger partial charge in [-0.25, -0.2) is 0 Å². The van der Waals surface area contributed by atoms with Crippen molar-refractivity contribution in [1.82, 2.24) is 4.90 Å². The van der Waals surface area contributed by atoms with Gasteiger partial charge in [-0.1, -0.05) is 60.7 Å². The molecule has 1 heterocycles. The summed E-state index contributed by atoms with van der Waals surface area (Å²) in [6.07, 6.45) is 0.431. The van der Waals surface area contributed by atoms with Gasteiger partial charge in [-0.2, -0.15) is 0 Å². The molecule has 248 valence electrons. The fourth-order valence-electron chi connectivity index (χ4n) is 5.78. The molecule has 0 bridgehead atoms. The first-order valence-electron chi connectivity index (χ1n) is 16.5. The Bertz CT molecular complexity index is 1810. The van der Waals surface area contributed by atoms with Gasteiger partial charge in [-0.3, -0.25) is 14.5 Å². The van der Waals surface area contributed by atoms with Gasteiger partial charge in [0.1, 0.15) is 28.7 Å². The van der Waals surface area contributed by atoms with Crippen molar-refractivity contribution in [3.8, 4) is 28.7 Å². The number of ether oxygens (including phenoxy) is 3. The van der Waals surface area contributed by atoms with Crippen LogP contribution in [0.4, 0.5) is 11.4 Å². The number of hydrogen-bond donors (Lipinski definition) is 1. The van der Waals surface area contributed by atoms with Crippen LogP contribution in [0.25, 0.3) is 11.1 Å². The van der Waals surface area contributed by atoms with Crippen molar-refractivity contribution >= 4 is 34.3 Å². The summed E-state index contributed by atoms with van der Waals surface area (Å²) in [4.78, 5) is 31.5. The number of carbonyl (C=O) groups is 2. The van der Waals surface area contributed by atoms with E-state index in [2.05, 4.69) is 18.7 Å². The van der Waals surface area contributed by atoms with Crippen LogP contribution in [-0.4, -0.2) is 43.0 Å². The van der Waals surface area contributed by atoms with E-state index in [1.165, 1.54) is 4.90 Å². The number of carbonyl (C=O) groups excluding carboxylic acids is 2. The minimum Gasteiger partial charge on any atom is -0.491 e. The third-order valence-electron chi connectivity index (χ3n) is 8.32. The van der Waals surface area contributed by atoms with E-state index in [0.29, 0.717) is 63.1 Å². The molecule has 0 aromatic heterocycles. The van der Waals surface area contributed by atoms with Crippen molar-refractivity contribution in [1.29, 1.82) is 0 Å². The van der Waals surface area contributed by atoms with Gasteiger partial charge >= 0.3 is 0 Å². The average Bonchev–Trinajstić information content (AvgIpc) is 3.38. The lowest BCUT2D eigenvalue weighted by Gasteiger charge is -2.22. The Kier molecular flexibility index (Phi) is 10.2. The molecule has 49 heavy (non-hydrogen) atoms. The van der Waals surface area contributed by atoms with Crippen molar-refractivity contribution in [2.75, 3.05) is 36.9 Å². The van der Waals surface area contributed by atoms with Crippen molar-refractivity contribution in [2.45, 2.75) is 20.3 Å². The average molecular weight is 654 g/mol. The van der Waals surface area contributed by atoms with Crippen LogP contribution in [0.2, 0.25) is 0 Å². The number of anilines is 2. The van der Waals surface area contributed by atoms with E-state index in [4.69, 9.17) is 19.9 Å². The lowest BCUT2D eigenvalue weighted by Crippen LogP contribution is -2.33. The monoisotopic (exact) mass is 653 g/mol. The summed E-state index contributed by atoms with van der Waals surface area (Å²) >= 11 is 0. The van der Waals surface area contributed by atoms with Gasteiger partial charge in [-0.05, 0) is 92.1 Å². The maximum absolute atomic E-state index is 14.0. The van der Waals surface area contributed by atoms with Crippen LogP contribution in [0.3, 0.4) is 0 Å². The Hall–Kier alpha value is -6.02. The Labute approximate surface area is 287 Å². The fourth-order valence-corrected chi connectivity index (χ4v) is 5.78. The van der Waals surface area contributed by atoms with Crippen LogP contribution in [0.15, 0.2) is 127 Å². The molecular formula is C41H39N3O5. The molecule has 0 saturated carbocycles. The summed E-state index contributed by atoms with van der Waals surface area (Å²) in [5.74, 6) is 2.52. The molecule has 0 saturated heterocycles. The third-order valence-corrected chi connectivity index (χ3v) is 8.32. The smallest absolute Gasteiger partial charge is 0.262 e. The van der Waals surface area contributed by atoms with E-state index in [9.17, 15) is 9.59 Å². The molecule has 2 N–H and O–H groups in total. The SMILES string of the molecule is CCN(CC)c1ccc(N)c(OCCCN2C(=O)C(c3ccc(Oc4ccccc4)cc3)=C(c3ccc(Oc4ccccc4)cc3)C2=O)c1. The van der Waals surface area contributed by atoms with Gasteiger partial charge in [0.25, 0.3) is 11.8 Å². The van der Waals surface area contributed by atoms with Gasteiger partial charge in [0.15, 0.2) is 0 Å². The number of imide groups is 1. The Morgan fingerprint density at radius 2 is 1.08 bits per heavy atom. The summed E-state index contributed by atoms with van der Waals surface area (Å²) in [6.45, 7) is 6.39. The first-order chi connectivity index (χ1) is 23.9. The van der Waals surface area contributed by atoms with Crippen molar-refractivity contribution in [3.05, 3.63) is 139 Å². The molecule has 1 aliphatic heterocycles. The molecule has 8 heteroatoms. The molecule has 0 fully saturated rings. The minimum atomic E-state index is -0.357. The second-order valence-corrected chi connectivity index (χ2v) is 11.5. The first kappa shape index (κ1) is 32.9. The zero-order valence-corrected chi connectivity index (χ0v) is 27.7. The molecule has 0 unspecified atom stereocenters. The number of nitrogens with two attached hydrogens (primary N) is 1. The highest BCUT2D eigenvalue weighted by Gasteiger charge is 2.39. The Balaban J connectivity index is 1.22. The maximum atomic E-state index is 14.0. The molecular weight excluding hydrogens is 614 g/mol. The van der Waals surface area contributed by atoms with Crippen molar-refractivity contribution in [2.24, 2.45) is 0 Å². The molecule has 0 radical (unpaired) electrons. The quantitative estimate of drug-likeness (QED) is 0.0730. The number of nitrogens with zero attached hydrogens (tertiary/aromatic N) is 2. The normalized spacial score (nSPS) is 12.7. The van der Waals surface area contributed by atoms with E-state index in [0.717, 1.165) is 18.8 Å². The lowest BCUT2D eigenvalue weighted by atomic mass is 9.96. The highest BCUT2D eigenvalue weighted by atomic mass is 16.5. The van der Waals surface area contributed by atoms with Gasteiger partial charge in [0.2, 0.25) is 0 Å². The molecule has 1 aliphatic rings. The Morgan fingerprint density at radius 3 is 1.55 bits per heavy atom. The third kappa shape index (κ3) is 7.60. The minimum absolute atomic E-state index is 0.185. The predicted molar refractivity (Wildman–Crippen MR) is 194 cm³/mol.